The summed E-state index contributed by atoms with van der Waals surface area (Å²) in [5.74, 6) is -2.91. The zero-order chi connectivity index (χ0) is 29.3. The second-order valence-electron chi connectivity index (χ2n) is 14.0. The van der Waals surface area contributed by atoms with Crippen LogP contribution >= 0.6 is 0 Å². The van der Waals surface area contributed by atoms with Gasteiger partial charge in [-0.05, 0) is 57.6 Å². The highest BCUT2D eigenvalue weighted by molar-refractivity contribution is 5.96. The quantitative estimate of drug-likeness (QED) is 0.251. The number of aliphatic hydroxyl groups is 3. The molecule has 1 spiro atoms. The number of allylic oxidation sites excluding steroid dienone is 1. The summed E-state index contributed by atoms with van der Waals surface area (Å²) in [6.07, 6.45) is 3.28. The number of carbonyl (C=O) groups excluding carboxylic acids is 3. The Morgan fingerprint density at radius 3 is 2.36 bits per heavy atom. The minimum atomic E-state index is -2.27. The molecule has 4 rings (SSSR count). The third kappa shape index (κ3) is 4.07. The van der Waals surface area contributed by atoms with Gasteiger partial charge in [0.1, 0.15) is 30.0 Å². The summed E-state index contributed by atoms with van der Waals surface area (Å²) in [6, 6.07) is 0. The van der Waals surface area contributed by atoms with E-state index in [9.17, 15) is 29.7 Å². The molecule has 39 heavy (non-hydrogen) atoms. The molecule has 8 atom stereocenters. The van der Waals surface area contributed by atoms with Gasteiger partial charge in [-0.1, -0.05) is 52.7 Å². The van der Waals surface area contributed by atoms with E-state index in [1.807, 2.05) is 20.8 Å². The van der Waals surface area contributed by atoms with Gasteiger partial charge in [-0.25, -0.2) is 0 Å². The van der Waals surface area contributed by atoms with Gasteiger partial charge in [-0.15, -0.1) is 0 Å². The molecule has 2 fully saturated rings. The number of aliphatic hydroxyl groups excluding tert-OH is 2. The SMILES string of the molecule is CCCCCC(=O)O[C@@]12C[C@@H](C)[C@]34C=C(C)[C@H](O)[C@@]3(O)[C@H](O)C(COC(=O)C(C)(C)C)=C[C@H](C4=O)[C@@H]1C2(C)C. The van der Waals surface area contributed by atoms with Crippen molar-refractivity contribution >= 4 is 17.7 Å². The number of Topliss-reactive ketones (excluding diaryl/α,β-unsaturated/α-hetero) is 1. The van der Waals surface area contributed by atoms with Crippen molar-refractivity contribution < 1.29 is 39.2 Å². The molecule has 0 amide bonds. The average molecular weight is 547 g/mol. The number of hydrogen-bond donors (Lipinski definition) is 3. The fourth-order valence-corrected chi connectivity index (χ4v) is 7.86. The second kappa shape index (κ2) is 9.52. The Morgan fingerprint density at radius 2 is 1.77 bits per heavy atom. The third-order valence-corrected chi connectivity index (χ3v) is 10.1. The molecule has 8 heteroatoms. The van der Waals surface area contributed by atoms with Crippen molar-refractivity contribution in [2.45, 2.75) is 111 Å². The van der Waals surface area contributed by atoms with Gasteiger partial charge in [-0.2, -0.15) is 0 Å². The molecule has 0 unspecified atom stereocenters. The van der Waals surface area contributed by atoms with Crippen LogP contribution in [0.4, 0.5) is 0 Å². The molecule has 2 saturated carbocycles. The first kappa shape index (κ1) is 29.9. The molecule has 0 aliphatic heterocycles. The van der Waals surface area contributed by atoms with Gasteiger partial charge in [0, 0.05) is 23.7 Å². The predicted octanol–water partition coefficient (Wildman–Crippen LogP) is 3.66. The summed E-state index contributed by atoms with van der Waals surface area (Å²) in [5, 5.41) is 35.2. The van der Waals surface area contributed by atoms with E-state index in [0.29, 0.717) is 18.4 Å². The lowest BCUT2D eigenvalue weighted by Gasteiger charge is -2.48. The zero-order valence-electron chi connectivity index (χ0n) is 24.7. The molecule has 0 radical (unpaired) electrons. The van der Waals surface area contributed by atoms with Gasteiger partial charge >= 0.3 is 11.9 Å². The van der Waals surface area contributed by atoms with Crippen LogP contribution in [0.5, 0.6) is 0 Å². The molecular weight excluding hydrogens is 500 g/mol. The Bertz CT molecular complexity index is 1110. The number of unbranched alkanes of at least 4 members (excludes halogenated alkanes) is 2. The van der Waals surface area contributed by atoms with Crippen molar-refractivity contribution in [1.29, 1.82) is 0 Å². The molecule has 3 N–H and O–H groups in total. The zero-order valence-corrected chi connectivity index (χ0v) is 24.7. The topological polar surface area (TPSA) is 130 Å². The van der Waals surface area contributed by atoms with Gasteiger partial charge < -0.3 is 24.8 Å². The van der Waals surface area contributed by atoms with Crippen LogP contribution in [0.1, 0.15) is 87.5 Å². The van der Waals surface area contributed by atoms with Crippen LogP contribution in [0.15, 0.2) is 23.3 Å². The fraction of sp³-hybridized carbons (Fsp3) is 0.774. The van der Waals surface area contributed by atoms with Crippen LogP contribution in [0, 0.1) is 34.0 Å². The fourth-order valence-electron chi connectivity index (χ4n) is 7.86. The molecule has 2 bridgehead atoms. The minimum absolute atomic E-state index is 0.164. The summed E-state index contributed by atoms with van der Waals surface area (Å²) in [6.45, 7) is 14.3. The van der Waals surface area contributed by atoms with Crippen molar-refractivity contribution in [2.75, 3.05) is 6.61 Å². The van der Waals surface area contributed by atoms with E-state index in [0.717, 1.165) is 19.3 Å². The molecule has 0 heterocycles. The van der Waals surface area contributed by atoms with E-state index in [-0.39, 0.29) is 23.9 Å². The molecule has 0 aromatic carbocycles. The maximum absolute atomic E-state index is 14.6. The van der Waals surface area contributed by atoms with E-state index < -0.39 is 63.4 Å². The monoisotopic (exact) mass is 546 g/mol. The lowest BCUT2D eigenvalue weighted by Crippen LogP contribution is -2.65. The van der Waals surface area contributed by atoms with Crippen molar-refractivity contribution in [1.82, 2.24) is 0 Å². The van der Waals surface area contributed by atoms with Gasteiger partial charge in [0.05, 0.1) is 10.8 Å². The van der Waals surface area contributed by atoms with Gasteiger partial charge in [0.15, 0.2) is 5.78 Å². The number of carbonyl (C=O) groups is 3. The maximum Gasteiger partial charge on any atom is 0.311 e. The first-order valence-corrected chi connectivity index (χ1v) is 14.3. The van der Waals surface area contributed by atoms with E-state index in [4.69, 9.17) is 9.47 Å². The van der Waals surface area contributed by atoms with Crippen molar-refractivity contribution in [3.05, 3.63) is 23.3 Å². The Balaban J connectivity index is 1.83. The number of hydrogen-bond acceptors (Lipinski definition) is 8. The molecule has 4 aliphatic rings. The van der Waals surface area contributed by atoms with Gasteiger partial charge in [0.2, 0.25) is 0 Å². The summed E-state index contributed by atoms with van der Waals surface area (Å²) in [7, 11) is 0. The molecule has 218 valence electrons. The number of ketones is 1. The summed E-state index contributed by atoms with van der Waals surface area (Å²) in [4.78, 5) is 40.2. The van der Waals surface area contributed by atoms with Crippen molar-refractivity contribution in [3.63, 3.8) is 0 Å². The first-order valence-electron chi connectivity index (χ1n) is 14.3. The largest absolute Gasteiger partial charge is 0.461 e. The van der Waals surface area contributed by atoms with Gasteiger partial charge in [0.25, 0.3) is 0 Å². The molecule has 4 aliphatic carbocycles. The lowest BCUT2D eigenvalue weighted by molar-refractivity contribution is -0.192. The Kier molecular flexibility index (Phi) is 7.31. The van der Waals surface area contributed by atoms with Crippen LogP contribution in [0.3, 0.4) is 0 Å². The van der Waals surface area contributed by atoms with Crippen LogP contribution in [0.25, 0.3) is 0 Å². The highest BCUT2D eigenvalue weighted by Crippen LogP contribution is 2.75. The Hall–Kier alpha value is -2.03. The molecule has 0 aromatic rings. The van der Waals surface area contributed by atoms with E-state index in [1.54, 1.807) is 39.8 Å². The predicted molar refractivity (Wildman–Crippen MR) is 144 cm³/mol. The Labute approximate surface area is 231 Å². The second-order valence-corrected chi connectivity index (χ2v) is 14.0. The highest BCUT2D eigenvalue weighted by Gasteiger charge is 2.83. The van der Waals surface area contributed by atoms with Crippen LogP contribution in [-0.2, 0) is 23.9 Å². The molecule has 8 nitrogen and oxygen atoms in total. The van der Waals surface area contributed by atoms with E-state index in [1.165, 1.54) is 0 Å². The molecule has 0 saturated heterocycles. The summed E-state index contributed by atoms with van der Waals surface area (Å²) in [5.41, 5.74) is -5.61. The highest BCUT2D eigenvalue weighted by atomic mass is 16.6. The average Bonchev–Trinajstić information content (AvgIpc) is 3.25. The normalized spacial score (nSPS) is 40.4. The van der Waals surface area contributed by atoms with Crippen LogP contribution in [-0.4, -0.2) is 63.1 Å². The van der Waals surface area contributed by atoms with Gasteiger partial charge in [-0.3, -0.25) is 14.4 Å². The summed E-state index contributed by atoms with van der Waals surface area (Å²) < 4.78 is 11.8. The van der Waals surface area contributed by atoms with Crippen molar-refractivity contribution in [3.8, 4) is 0 Å². The Morgan fingerprint density at radius 1 is 1.13 bits per heavy atom. The number of fused-ring (bicyclic) bond motifs is 3. The number of esters is 2. The third-order valence-electron chi connectivity index (χ3n) is 10.1. The first-order chi connectivity index (χ1) is 17.9. The summed E-state index contributed by atoms with van der Waals surface area (Å²) >= 11 is 0. The number of rotatable bonds is 7. The van der Waals surface area contributed by atoms with E-state index >= 15 is 0 Å². The van der Waals surface area contributed by atoms with Crippen LogP contribution in [0.2, 0.25) is 0 Å². The van der Waals surface area contributed by atoms with Crippen molar-refractivity contribution in [2.24, 2.45) is 34.0 Å². The minimum Gasteiger partial charge on any atom is -0.461 e. The molecule has 0 aromatic heterocycles. The maximum atomic E-state index is 14.6. The molecular formula is C31H46O8. The smallest absolute Gasteiger partial charge is 0.311 e. The van der Waals surface area contributed by atoms with E-state index in [2.05, 4.69) is 6.92 Å². The van der Waals surface area contributed by atoms with Crippen LogP contribution < -0.4 is 0 Å². The standard InChI is InChI=1S/C31H46O8/c1-9-10-11-12-21(32)39-30-15-18(3)29-14-17(2)23(33)31(29,37)24(34)19(16-38-26(36)27(4,5)6)13-20(25(29)35)22(30)28(30,7)8/h13-14,18,20,22-24,33-34,37H,9-12,15-16H2,1-8H3/t18-,20+,22-,23+,24-,29+,30+,31-/m1/s1. The lowest BCUT2D eigenvalue weighted by atomic mass is 9.59. The number of ether oxygens (including phenoxy) is 2.